The van der Waals surface area contributed by atoms with Crippen LogP contribution in [0.1, 0.15) is 0 Å². The van der Waals surface area contributed by atoms with Crippen LogP contribution in [0.25, 0.3) is 10.3 Å². The molecule has 0 aliphatic carbocycles. The van der Waals surface area contributed by atoms with Gasteiger partial charge in [-0.25, -0.2) is 9.97 Å². The van der Waals surface area contributed by atoms with E-state index in [9.17, 15) is 0 Å². The maximum atomic E-state index is 5.62. The molecule has 3 aromatic rings. The Kier molecular flexibility index (Phi) is 3.43. The van der Waals surface area contributed by atoms with Crippen LogP contribution in [0.5, 0.6) is 5.75 Å². The lowest BCUT2D eigenvalue weighted by Gasteiger charge is -2.02. The summed E-state index contributed by atoms with van der Waals surface area (Å²) >= 11 is 3.23. The van der Waals surface area contributed by atoms with Gasteiger partial charge in [0.1, 0.15) is 11.7 Å². The Morgan fingerprint density at radius 3 is 2.83 bits per heavy atom. The van der Waals surface area contributed by atoms with Crippen LogP contribution < -0.4 is 4.74 Å². The van der Waals surface area contributed by atoms with Gasteiger partial charge in [0, 0.05) is 6.20 Å². The van der Waals surface area contributed by atoms with Gasteiger partial charge in [0.2, 0.25) is 0 Å². The first-order chi connectivity index (χ1) is 8.92. The first kappa shape index (κ1) is 11.5. The summed E-state index contributed by atoms with van der Waals surface area (Å²) in [4.78, 5) is 8.65. The van der Waals surface area contributed by atoms with Crippen LogP contribution in [0.2, 0.25) is 0 Å². The van der Waals surface area contributed by atoms with Crippen LogP contribution >= 0.6 is 23.1 Å². The highest BCUT2D eigenvalue weighted by molar-refractivity contribution is 8.01. The molecular weight excluding hydrogens is 264 g/mol. The van der Waals surface area contributed by atoms with E-state index in [-0.39, 0.29) is 0 Å². The van der Waals surface area contributed by atoms with Crippen molar-refractivity contribution in [2.75, 3.05) is 5.94 Å². The van der Waals surface area contributed by atoms with Crippen molar-refractivity contribution in [1.29, 1.82) is 0 Å². The lowest BCUT2D eigenvalue weighted by molar-refractivity contribution is 0.393. The summed E-state index contributed by atoms with van der Waals surface area (Å²) < 4.78 is 7.71. The smallest absolute Gasteiger partial charge is 0.171 e. The zero-order valence-electron chi connectivity index (χ0n) is 9.45. The molecule has 3 nitrogen and oxygen atoms in total. The highest BCUT2D eigenvalue weighted by Gasteiger charge is 2.04. The van der Waals surface area contributed by atoms with Crippen molar-refractivity contribution in [3.05, 3.63) is 48.7 Å². The van der Waals surface area contributed by atoms with E-state index in [0.717, 1.165) is 20.4 Å². The molecule has 3 rings (SSSR count). The molecule has 90 valence electrons. The van der Waals surface area contributed by atoms with Crippen molar-refractivity contribution in [2.24, 2.45) is 0 Å². The van der Waals surface area contributed by atoms with Crippen LogP contribution in [-0.4, -0.2) is 15.9 Å². The number of benzene rings is 1. The van der Waals surface area contributed by atoms with Gasteiger partial charge in [-0.2, -0.15) is 0 Å². The predicted molar refractivity (Wildman–Crippen MR) is 75.2 cm³/mol. The number of hydrogen-bond acceptors (Lipinski definition) is 5. The molecule has 0 fully saturated rings. The minimum atomic E-state index is 0.559. The summed E-state index contributed by atoms with van der Waals surface area (Å²) in [5, 5.41) is 0. The molecule has 2 heterocycles. The molecule has 1 aromatic carbocycles. The summed E-state index contributed by atoms with van der Waals surface area (Å²) in [7, 11) is 0. The highest BCUT2D eigenvalue weighted by Crippen LogP contribution is 2.28. The van der Waals surface area contributed by atoms with Crippen molar-refractivity contribution in [2.45, 2.75) is 4.34 Å². The summed E-state index contributed by atoms with van der Waals surface area (Å²) in [6.45, 7) is 0. The van der Waals surface area contributed by atoms with Crippen molar-refractivity contribution in [3.63, 3.8) is 0 Å². The standard InChI is InChI=1S/C13H10N2OS2/c1-2-5-10(6-3-1)16-9-17-13-15-12-11(18-13)7-4-8-14-12/h1-8H,9H2. The van der Waals surface area contributed by atoms with Crippen molar-refractivity contribution >= 4 is 33.4 Å². The normalized spacial score (nSPS) is 10.7. The monoisotopic (exact) mass is 274 g/mol. The second-order valence-electron chi connectivity index (χ2n) is 3.52. The van der Waals surface area contributed by atoms with Gasteiger partial charge < -0.3 is 4.74 Å². The Morgan fingerprint density at radius 1 is 1.11 bits per heavy atom. The first-order valence-electron chi connectivity index (χ1n) is 5.44. The number of para-hydroxylation sites is 1. The van der Waals surface area contributed by atoms with Crippen LogP contribution in [0.3, 0.4) is 0 Å². The van der Waals surface area contributed by atoms with E-state index >= 15 is 0 Å². The molecule has 0 atom stereocenters. The second kappa shape index (κ2) is 5.37. The number of ether oxygens (including phenoxy) is 1. The minimum absolute atomic E-state index is 0.559. The van der Waals surface area contributed by atoms with Crippen LogP contribution in [0.4, 0.5) is 0 Å². The fourth-order valence-electron chi connectivity index (χ4n) is 1.48. The van der Waals surface area contributed by atoms with Crippen molar-refractivity contribution in [1.82, 2.24) is 9.97 Å². The Bertz CT molecular complexity index is 607. The van der Waals surface area contributed by atoms with Crippen molar-refractivity contribution in [3.8, 4) is 5.75 Å². The quantitative estimate of drug-likeness (QED) is 0.535. The van der Waals surface area contributed by atoms with Crippen LogP contribution in [0, 0.1) is 0 Å². The number of hydrogen-bond donors (Lipinski definition) is 0. The van der Waals surface area contributed by atoms with E-state index in [1.165, 1.54) is 0 Å². The molecule has 0 aliphatic heterocycles. The third-order valence-electron chi connectivity index (χ3n) is 2.30. The Balaban J connectivity index is 1.63. The molecule has 0 bridgehead atoms. The summed E-state index contributed by atoms with van der Waals surface area (Å²) in [6, 6.07) is 13.7. The van der Waals surface area contributed by atoms with Gasteiger partial charge in [-0.05, 0) is 24.3 Å². The summed E-state index contributed by atoms with van der Waals surface area (Å²) in [5.41, 5.74) is 0.810. The molecule has 5 heteroatoms. The van der Waals surface area contributed by atoms with E-state index in [0.29, 0.717) is 5.94 Å². The maximum Gasteiger partial charge on any atom is 0.171 e. The zero-order valence-corrected chi connectivity index (χ0v) is 11.1. The average Bonchev–Trinajstić information content (AvgIpc) is 2.82. The number of rotatable bonds is 4. The minimum Gasteiger partial charge on any atom is -0.483 e. The number of nitrogens with zero attached hydrogens (tertiary/aromatic N) is 2. The van der Waals surface area contributed by atoms with Gasteiger partial charge in [0.25, 0.3) is 0 Å². The number of aromatic nitrogens is 2. The topological polar surface area (TPSA) is 35.0 Å². The molecule has 0 unspecified atom stereocenters. The van der Waals surface area contributed by atoms with E-state index in [1.807, 2.05) is 42.5 Å². The number of thioether (sulfide) groups is 1. The highest BCUT2D eigenvalue weighted by atomic mass is 32.2. The third kappa shape index (κ3) is 2.63. The van der Waals surface area contributed by atoms with E-state index in [1.54, 1.807) is 29.3 Å². The lowest BCUT2D eigenvalue weighted by Crippen LogP contribution is -1.91. The second-order valence-corrected chi connectivity index (χ2v) is 5.72. The van der Waals surface area contributed by atoms with Gasteiger partial charge in [-0.3, -0.25) is 0 Å². The molecule has 2 aromatic heterocycles. The third-order valence-corrected chi connectivity index (χ3v) is 4.28. The van der Waals surface area contributed by atoms with Crippen LogP contribution in [0.15, 0.2) is 53.0 Å². The fourth-order valence-corrected chi connectivity index (χ4v) is 3.23. The summed E-state index contributed by atoms with van der Waals surface area (Å²) in [6.07, 6.45) is 1.76. The van der Waals surface area contributed by atoms with E-state index < -0.39 is 0 Å². The summed E-state index contributed by atoms with van der Waals surface area (Å²) in [5.74, 6) is 1.44. The Hall–Kier alpha value is -1.59. The Labute approximate surface area is 113 Å². The molecule has 0 saturated carbocycles. The van der Waals surface area contributed by atoms with E-state index in [2.05, 4.69) is 9.97 Å². The van der Waals surface area contributed by atoms with Gasteiger partial charge in [-0.15, -0.1) is 11.3 Å². The average molecular weight is 274 g/mol. The molecule has 0 amide bonds. The van der Waals surface area contributed by atoms with Crippen LogP contribution in [-0.2, 0) is 0 Å². The van der Waals surface area contributed by atoms with Gasteiger partial charge >= 0.3 is 0 Å². The van der Waals surface area contributed by atoms with Gasteiger partial charge in [-0.1, -0.05) is 30.0 Å². The molecule has 0 saturated heterocycles. The van der Waals surface area contributed by atoms with Gasteiger partial charge in [0.15, 0.2) is 9.99 Å². The molecule has 0 N–H and O–H groups in total. The predicted octanol–water partition coefficient (Wildman–Crippen LogP) is 3.82. The number of thiazole rings is 1. The Morgan fingerprint density at radius 2 is 2.00 bits per heavy atom. The van der Waals surface area contributed by atoms with Crippen molar-refractivity contribution < 1.29 is 4.74 Å². The lowest BCUT2D eigenvalue weighted by atomic mass is 10.3. The largest absolute Gasteiger partial charge is 0.483 e. The molecule has 0 aliphatic rings. The van der Waals surface area contributed by atoms with E-state index in [4.69, 9.17) is 4.74 Å². The SMILES string of the molecule is c1ccc(OCSc2nc3ncccc3s2)cc1. The molecule has 0 radical (unpaired) electrons. The fraction of sp³-hybridized carbons (Fsp3) is 0.0769. The molecule has 18 heavy (non-hydrogen) atoms. The zero-order chi connectivity index (χ0) is 12.2. The number of pyridine rings is 1. The molecular formula is C13H10N2OS2. The maximum absolute atomic E-state index is 5.62. The first-order valence-corrected chi connectivity index (χ1v) is 7.24. The molecule has 0 spiro atoms. The number of fused-ring (bicyclic) bond motifs is 1. The van der Waals surface area contributed by atoms with Gasteiger partial charge in [0.05, 0.1) is 4.70 Å².